The minimum atomic E-state index is -0.157. The first-order valence-electron chi connectivity index (χ1n) is 7.10. The molecule has 5 heteroatoms. The highest BCUT2D eigenvalue weighted by Crippen LogP contribution is 2.27. The van der Waals surface area contributed by atoms with E-state index in [0.717, 1.165) is 29.8 Å². The van der Waals surface area contributed by atoms with Gasteiger partial charge in [-0.25, -0.2) is 4.98 Å². The zero-order valence-electron chi connectivity index (χ0n) is 12.7. The highest BCUT2D eigenvalue weighted by molar-refractivity contribution is 5.64. The number of nitrogens with zero attached hydrogens (tertiary/aromatic N) is 1. The van der Waals surface area contributed by atoms with E-state index in [1.807, 2.05) is 25.1 Å². The van der Waals surface area contributed by atoms with Gasteiger partial charge in [0.15, 0.2) is 0 Å². The summed E-state index contributed by atoms with van der Waals surface area (Å²) in [5.41, 5.74) is 2.46. The van der Waals surface area contributed by atoms with Crippen LogP contribution in [-0.4, -0.2) is 23.6 Å². The van der Waals surface area contributed by atoms with Crippen molar-refractivity contribution in [3.8, 4) is 17.1 Å². The second-order valence-electron chi connectivity index (χ2n) is 4.97. The van der Waals surface area contributed by atoms with Gasteiger partial charge in [0.25, 0.3) is 5.56 Å². The van der Waals surface area contributed by atoms with Gasteiger partial charge in [0.1, 0.15) is 11.6 Å². The largest absolute Gasteiger partial charge is 0.496 e. The number of aryl methyl sites for hydroxylation is 1. The zero-order chi connectivity index (χ0) is 15.2. The molecular formula is C16H21N3O2. The highest BCUT2D eigenvalue weighted by Gasteiger charge is 2.10. The molecule has 0 spiro atoms. The predicted molar refractivity (Wildman–Crippen MR) is 83.6 cm³/mol. The van der Waals surface area contributed by atoms with Crippen LogP contribution in [0.5, 0.6) is 5.75 Å². The van der Waals surface area contributed by atoms with Gasteiger partial charge in [-0.15, -0.1) is 0 Å². The molecule has 2 rings (SSSR count). The number of hydrogen-bond acceptors (Lipinski definition) is 4. The molecule has 0 saturated carbocycles. The minimum absolute atomic E-state index is 0.157. The Morgan fingerprint density at radius 1 is 1.33 bits per heavy atom. The van der Waals surface area contributed by atoms with Crippen molar-refractivity contribution < 1.29 is 4.74 Å². The lowest BCUT2D eigenvalue weighted by Gasteiger charge is -2.10. The van der Waals surface area contributed by atoms with E-state index >= 15 is 0 Å². The van der Waals surface area contributed by atoms with Crippen molar-refractivity contribution >= 4 is 0 Å². The van der Waals surface area contributed by atoms with Gasteiger partial charge in [0.2, 0.25) is 0 Å². The highest BCUT2D eigenvalue weighted by atomic mass is 16.5. The summed E-state index contributed by atoms with van der Waals surface area (Å²) in [6.45, 7) is 5.57. The Kier molecular flexibility index (Phi) is 5.11. The van der Waals surface area contributed by atoms with E-state index < -0.39 is 0 Å². The van der Waals surface area contributed by atoms with Crippen LogP contribution in [0.25, 0.3) is 11.4 Å². The quantitative estimate of drug-likeness (QED) is 0.800. The third kappa shape index (κ3) is 3.92. The maximum atomic E-state index is 11.8. The Morgan fingerprint density at radius 3 is 2.86 bits per heavy atom. The summed E-state index contributed by atoms with van der Waals surface area (Å²) >= 11 is 0. The fourth-order valence-electron chi connectivity index (χ4n) is 2.11. The molecule has 0 aliphatic rings. The van der Waals surface area contributed by atoms with E-state index in [-0.39, 0.29) is 5.56 Å². The molecular weight excluding hydrogens is 266 g/mol. The molecule has 1 heterocycles. The van der Waals surface area contributed by atoms with Crippen molar-refractivity contribution in [2.24, 2.45) is 0 Å². The van der Waals surface area contributed by atoms with Crippen molar-refractivity contribution in [3.05, 3.63) is 45.9 Å². The Balaban J connectivity index is 2.37. The normalized spacial score (nSPS) is 10.6. The van der Waals surface area contributed by atoms with Gasteiger partial charge >= 0.3 is 0 Å². The molecule has 0 aliphatic carbocycles. The van der Waals surface area contributed by atoms with Crippen LogP contribution >= 0.6 is 0 Å². The topological polar surface area (TPSA) is 67.0 Å². The summed E-state index contributed by atoms with van der Waals surface area (Å²) in [6.07, 6.45) is 1.04. The molecule has 0 unspecified atom stereocenters. The zero-order valence-corrected chi connectivity index (χ0v) is 12.7. The summed E-state index contributed by atoms with van der Waals surface area (Å²) in [5.74, 6) is 1.24. The van der Waals surface area contributed by atoms with E-state index in [2.05, 4.69) is 22.2 Å². The maximum absolute atomic E-state index is 11.8. The summed E-state index contributed by atoms with van der Waals surface area (Å²) < 4.78 is 5.38. The van der Waals surface area contributed by atoms with Gasteiger partial charge in [0.05, 0.1) is 18.4 Å². The van der Waals surface area contributed by atoms with Gasteiger partial charge in [-0.05, 0) is 37.6 Å². The number of aromatic nitrogens is 2. The summed E-state index contributed by atoms with van der Waals surface area (Å²) in [6, 6.07) is 7.33. The van der Waals surface area contributed by atoms with Crippen LogP contribution in [0.1, 0.15) is 24.6 Å². The number of nitrogens with one attached hydrogen (secondary N) is 2. The second-order valence-corrected chi connectivity index (χ2v) is 4.97. The third-order valence-electron chi connectivity index (χ3n) is 3.14. The lowest BCUT2D eigenvalue weighted by atomic mass is 10.1. The average Bonchev–Trinajstić information content (AvgIpc) is 2.46. The number of aromatic amines is 1. The molecule has 0 atom stereocenters. The van der Waals surface area contributed by atoms with Crippen molar-refractivity contribution in [2.45, 2.75) is 26.8 Å². The molecule has 5 nitrogen and oxygen atoms in total. The first kappa shape index (κ1) is 15.3. The van der Waals surface area contributed by atoms with Crippen LogP contribution in [-0.2, 0) is 6.54 Å². The summed E-state index contributed by atoms with van der Waals surface area (Å²) in [5, 5.41) is 3.25. The molecule has 0 radical (unpaired) electrons. The van der Waals surface area contributed by atoms with Crippen LogP contribution in [0, 0.1) is 6.92 Å². The van der Waals surface area contributed by atoms with E-state index in [0.29, 0.717) is 18.1 Å². The van der Waals surface area contributed by atoms with E-state index in [1.54, 1.807) is 7.11 Å². The molecule has 0 saturated heterocycles. The van der Waals surface area contributed by atoms with Gasteiger partial charge in [0, 0.05) is 12.6 Å². The van der Waals surface area contributed by atoms with E-state index in [1.165, 1.54) is 6.07 Å². The fourth-order valence-corrected chi connectivity index (χ4v) is 2.11. The number of H-pyrrole nitrogens is 1. The molecule has 112 valence electrons. The van der Waals surface area contributed by atoms with Gasteiger partial charge in [-0.3, -0.25) is 4.79 Å². The third-order valence-corrected chi connectivity index (χ3v) is 3.14. The summed E-state index contributed by atoms with van der Waals surface area (Å²) in [4.78, 5) is 19.1. The number of benzene rings is 1. The number of rotatable bonds is 6. The van der Waals surface area contributed by atoms with E-state index in [9.17, 15) is 4.79 Å². The second kappa shape index (κ2) is 7.04. The monoisotopic (exact) mass is 287 g/mol. The predicted octanol–water partition coefficient (Wildman–Crippen LogP) is 2.25. The van der Waals surface area contributed by atoms with Gasteiger partial charge in [-0.2, -0.15) is 0 Å². The van der Waals surface area contributed by atoms with E-state index in [4.69, 9.17) is 4.74 Å². The standard InChI is InChI=1S/C16H21N3O2/c1-4-7-17-10-12-9-15(20)19-16(18-12)13-6-5-11(2)8-14(13)21-3/h5-6,8-9,17H,4,7,10H2,1-3H3,(H,18,19,20). The van der Waals surface area contributed by atoms with Crippen molar-refractivity contribution in [1.82, 2.24) is 15.3 Å². The smallest absolute Gasteiger partial charge is 0.251 e. The van der Waals surface area contributed by atoms with Crippen molar-refractivity contribution in [1.29, 1.82) is 0 Å². The number of ether oxygens (including phenoxy) is 1. The van der Waals surface area contributed by atoms with Crippen LogP contribution in [0.4, 0.5) is 0 Å². The Morgan fingerprint density at radius 2 is 2.14 bits per heavy atom. The van der Waals surface area contributed by atoms with Crippen molar-refractivity contribution in [3.63, 3.8) is 0 Å². The number of methoxy groups -OCH3 is 1. The van der Waals surface area contributed by atoms with Gasteiger partial charge < -0.3 is 15.0 Å². The minimum Gasteiger partial charge on any atom is -0.496 e. The molecule has 0 fully saturated rings. The molecule has 2 N–H and O–H groups in total. The Hall–Kier alpha value is -2.14. The average molecular weight is 287 g/mol. The lowest BCUT2D eigenvalue weighted by Crippen LogP contribution is -2.18. The van der Waals surface area contributed by atoms with Crippen LogP contribution < -0.4 is 15.6 Å². The molecule has 2 aromatic rings. The molecule has 0 amide bonds. The lowest BCUT2D eigenvalue weighted by molar-refractivity contribution is 0.416. The van der Waals surface area contributed by atoms with Crippen molar-refractivity contribution in [2.75, 3.05) is 13.7 Å². The Labute approximate surface area is 124 Å². The first-order valence-corrected chi connectivity index (χ1v) is 7.10. The number of hydrogen-bond donors (Lipinski definition) is 2. The molecule has 1 aromatic carbocycles. The molecule has 21 heavy (non-hydrogen) atoms. The van der Waals surface area contributed by atoms with Crippen LogP contribution in [0.15, 0.2) is 29.1 Å². The first-order chi connectivity index (χ1) is 10.1. The summed E-state index contributed by atoms with van der Waals surface area (Å²) in [7, 11) is 1.61. The molecule has 0 aliphatic heterocycles. The van der Waals surface area contributed by atoms with Crippen LogP contribution in [0.2, 0.25) is 0 Å². The SMILES string of the molecule is CCCNCc1cc(=O)[nH]c(-c2ccc(C)cc2OC)n1. The Bertz CT molecular complexity index is 665. The fraction of sp³-hybridized carbons (Fsp3) is 0.375. The van der Waals surface area contributed by atoms with Gasteiger partial charge in [-0.1, -0.05) is 13.0 Å². The van der Waals surface area contributed by atoms with Crippen LogP contribution in [0.3, 0.4) is 0 Å². The molecule has 0 bridgehead atoms. The maximum Gasteiger partial charge on any atom is 0.251 e. The molecule has 1 aromatic heterocycles.